The highest BCUT2D eigenvalue weighted by atomic mass is 16.5. The van der Waals surface area contributed by atoms with E-state index < -0.39 is 0 Å². The van der Waals surface area contributed by atoms with Crippen LogP contribution in [0.3, 0.4) is 0 Å². The van der Waals surface area contributed by atoms with Crippen LogP contribution in [0.1, 0.15) is 43.4 Å². The minimum atomic E-state index is 0.285. The molecular formula is C17H29NO. The molecule has 19 heavy (non-hydrogen) atoms. The van der Waals surface area contributed by atoms with E-state index in [-0.39, 0.29) is 6.10 Å². The first-order chi connectivity index (χ1) is 9.12. The van der Waals surface area contributed by atoms with Crippen molar-refractivity contribution in [3.8, 4) is 0 Å². The van der Waals surface area contributed by atoms with E-state index in [1.165, 1.54) is 16.7 Å². The van der Waals surface area contributed by atoms with Gasteiger partial charge in [0.15, 0.2) is 0 Å². The Morgan fingerprint density at radius 3 is 2.42 bits per heavy atom. The van der Waals surface area contributed by atoms with Crippen LogP contribution in [0.5, 0.6) is 0 Å². The van der Waals surface area contributed by atoms with Gasteiger partial charge in [-0.3, -0.25) is 0 Å². The number of aryl methyl sites for hydroxylation is 2. The zero-order valence-electron chi connectivity index (χ0n) is 13.1. The van der Waals surface area contributed by atoms with Crippen LogP contribution in [0.25, 0.3) is 0 Å². The van der Waals surface area contributed by atoms with E-state index in [1.807, 2.05) is 7.11 Å². The summed E-state index contributed by atoms with van der Waals surface area (Å²) in [5, 5.41) is 3.63. The van der Waals surface area contributed by atoms with Gasteiger partial charge in [0.25, 0.3) is 0 Å². The fourth-order valence-electron chi connectivity index (χ4n) is 2.46. The molecule has 1 rings (SSSR count). The maximum absolute atomic E-state index is 5.62. The lowest BCUT2D eigenvalue weighted by molar-refractivity contribution is 0.0653. The van der Waals surface area contributed by atoms with Gasteiger partial charge < -0.3 is 10.1 Å². The van der Waals surface area contributed by atoms with Crippen LogP contribution in [0.4, 0.5) is 0 Å². The molecular weight excluding hydrogens is 234 g/mol. The lowest BCUT2D eigenvalue weighted by Crippen LogP contribution is -2.42. The Kier molecular flexibility index (Phi) is 7.11. The smallest absolute Gasteiger partial charge is 0.0724 e. The second kappa shape index (κ2) is 8.34. The first-order valence-corrected chi connectivity index (χ1v) is 7.44. The van der Waals surface area contributed by atoms with Crippen molar-refractivity contribution in [3.05, 3.63) is 34.9 Å². The van der Waals surface area contributed by atoms with Crippen molar-refractivity contribution >= 4 is 0 Å². The van der Waals surface area contributed by atoms with E-state index in [1.54, 1.807) is 0 Å². The Balaban J connectivity index is 2.77. The summed E-state index contributed by atoms with van der Waals surface area (Å²) in [5.41, 5.74) is 4.13. The molecule has 0 aliphatic rings. The number of rotatable bonds is 8. The topological polar surface area (TPSA) is 21.3 Å². The summed E-state index contributed by atoms with van der Waals surface area (Å²) in [5.74, 6) is 0. The third-order valence-electron chi connectivity index (χ3n) is 3.84. The second-order valence-electron chi connectivity index (χ2n) is 5.37. The van der Waals surface area contributed by atoms with Gasteiger partial charge in [0, 0.05) is 13.2 Å². The lowest BCUT2D eigenvalue weighted by atomic mass is 9.97. The molecule has 108 valence electrons. The summed E-state index contributed by atoms with van der Waals surface area (Å²) in [6.07, 6.45) is 3.52. The zero-order valence-corrected chi connectivity index (χ0v) is 13.1. The summed E-state index contributed by atoms with van der Waals surface area (Å²) in [7, 11) is 1.81. The number of methoxy groups -OCH3 is 1. The Labute approximate surface area is 118 Å². The van der Waals surface area contributed by atoms with Gasteiger partial charge in [-0.05, 0) is 56.3 Å². The van der Waals surface area contributed by atoms with Gasteiger partial charge in [0.1, 0.15) is 0 Å². The fraction of sp³-hybridized carbons (Fsp3) is 0.647. The van der Waals surface area contributed by atoms with Gasteiger partial charge >= 0.3 is 0 Å². The minimum absolute atomic E-state index is 0.285. The predicted molar refractivity (Wildman–Crippen MR) is 82.8 cm³/mol. The summed E-state index contributed by atoms with van der Waals surface area (Å²) in [4.78, 5) is 0. The van der Waals surface area contributed by atoms with E-state index in [9.17, 15) is 0 Å². The van der Waals surface area contributed by atoms with Crippen LogP contribution in [-0.2, 0) is 11.2 Å². The molecule has 0 heterocycles. The molecule has 2 atom stereocenters. The monoisotopic (exact) mass is 263 g/mol. The van der Waals surface area contributed by atoms with Crippen LogP contribution < -0.4 is 5.32 Å². The van der Waals surface area contributed by atoms with Gasteiger partial charge in [-0.15, -0.1) is 0 Å². The number of nitrogens with one attached hydrogen (secondary N) is 1. The van der Waals surface area contributed by atoms with Gasteiger partial charge in [-0.1, -0.05) is 32.0 Å². The van der Waals surface area contributed by atoms with Crippen molar-refractivity contribution in [1.29, 1.82) is 0 Å². The van der Waals surface area contributed by atoms with Crippen LogP contribution >= 0.6 is 0 Å². The molecule has 0 aromatic heterocycles. The van der Waals surface area contributed by atoms with Crippen molar-refractivity contribution in [2.24, 2.45) is 0 Å². The average Bonchev–Trinajstić information content (AvgIpc) is 2.41. The van der Waals surface area contributed by atoms with Crippen molar-refractivity contribution in [2.75, 3.05) is 13.7 Å². The van der Waals surface area contributed by atoms with E-state index in [2.05, 4.69) is 51.2 Å². The molecule has 2 heteroatoms. The molecule has 0 radical (unpaired) electrons. The number of hydrogen-bond acceptors (Lipinski definition) is 2. The van der Waals surface area contributed by atoms with Crippen molar-refractivity contribution in [2.45, 2.75) is 59.1 Å². The standard InChI is InChI=1S/C17H29NO/c1-6-10-18-16(17(7-2)19-5)12-15-9-8-13(3)14(4)11-15/h8-9,11,16-18H,6-7,10,12H2,1-5H3. The number of benzene rings is 1. The largest absolute Gasteiger partial charge is 0.380 e. The molecule has 0 fully saturated rings. The van der Waals surface area contributed by atoms with Gasteiger partial charge in [-0.2, -0.15) is 0 Å². The summed E-state index contributed by atoms with van der Waals surface area (Å²) >= 11 is 0. The third-order valence-corrected chi connectivity index (χ3v) is 3.84. The van der Waals surface area contributed by atoms with Gasteiger partial charge in [-0.25, -0.2) is 0 Å². The Bertz CT molecular complexity index is 372. The van der Waals surface area contributed by atoms with Crippen LogP contribution in [-0.4, -0.2) is 25.8 Å². The van der Waals surface area contributed by atoms with Crippen LogP contribution in [0.2, 0.25) is 0 Å². The Morgan fingerprint density at radius 1 is 1.16 bits per heavy atom. The maximum Gasteiger partial charge on any atom is 0.0724 e. The molecule has 0 aliphatic heterocycles. The highest BCUT2D eigenvalue weighted by Crippen LogP contribution is 2.15. The van der Waals surface area contributed by atoms with E-state index >= 15 is 0 Å². The highest BCUT2D eigenvalue weighted by molar-refractivity contribution is 5.30. The van der Waals surface area contributed by atoms with E-state index in [0.717, 1.165) is 25.8 Å². The first kappa shape index (κ1) is 16.2. The predicted octanol–water partition coefficient (Wildman–Crippen LogP) is 3.64. The molecule has 0 spiro atoms. The maximum atomic E-state index is 5.62. The molecule has 0 saturated carbocycles. The molecule has 0 saturated heterocycles. The highest BCUT2D eigenvalue weighted by Gasteiger charge is 2.19. The molecule has 0 aliphatic carbocycles. The number of ether oxygens (including phenoxy) is 1. The van der Waals surface area contributed by atoms with Crippen LogP contribution in [0, 0.1) is 13.8 Å². The first-order valence-electron chi connectivity index (χ1n) is 7.44. The molecule has 2 unspecified atom stereocenters. The molecule has 1 N–H and O–H groups in total. The number of hydrogen-bond donors (Lipinski definition) is 1. The summed E-state index contributed by atoms with van der Waals surface area (Å²) in [6, 6.07) is 7.16. The van der Waals surface area contributed by atoms with Crippen molar-refractivity contribution in [1.82, 2.24) is 5.32 Å². The van der Waals surface area contributed by atoms with Gasteiger partial charge in [0.05, 0.1) is 6.10 Å². The summed E-state index contributed by atoms with van der Waals surface area (Å²) in [6.45, 7) is 9.79. The Morgan fingerprint density at radius 2 is 1.89 bits per heavy atom. The lowest BCUT2D eigenvalue weighted by Gasteiger charge is -2.26. The Hall–Kier alpha value is -0.860. The van der Waals surface area contributed by atoms with E-state index in [4.69, 9.17) is 4.74 Å². The zero-order chi connectivity index (χ0) is 14.3. The average molecular weight is 263 g/mol. The van der Waals surface area contributed by atoms with Crippen LogP contribution in [0.15, 0.2) is 18.2 Å². The second-order valence-corrected chi connectivity index (χ2v) is 5.37. The third kappa shape index (κ3) is 4.96. The molecule has 2 nitrogen and oxygen atoms in total. The fourth-order valence-corrected chi connectivity index (χ4v) is 2.46. The SMILES string of the molecule is CCCNC(Cc1ccc(C)c(C)c1)C(CC)OC. The molecule has 0 bridgehead atoms. The normalized spacial score (nSPS) is 14.4. The van der Waals surface area contributed by atoms with Crippen molar-refractivity contribution < 1.29 is 4.74 Å². The quantitative estimate of drug-likeness (QED) is 0.773. The molecule has 1 aromatic carbocycles. The minimum Gasteiger partial charge on any atom is -0.380 e. The van der Waals surface area contributed by atoms with Gasteiger partial charge in [0.2, 0.25) is 0 Å². The summed E-state index contributed by atoms with van der Waals surface area (Å²) < 4.78 is 5.62. The molecule has 1 aromatic rings. The molecule has 0 amide bonds. The van der Waals surface area contributed by atoms with E-state index in [0.29, 0.717) is 6.04 Å². The van der Waals surface area contributed by atoms with Crippen molar-refractivity contribution in [3.63, 3.8) is 0 Å².